The second kappa shape index (κ2) is 7.24. The Morgan fingerprint density at radius 2 is 1.96 bits per heavy atom. The van der Waals surface area contributed by atoms with Gasteiger partial charge in [0.25, 0.3) is 5.91 Å². The van der Waals surface area contributed by atoms with E-state index in [1.165, 1.54) is 6.26 Å². The van der Waals surface area contributed by atoms with Gasteiger partial charge in [-0.2, -0.15) is 0 Å². The van der Waals surface area contributed by atoms with Crippen molar-refractivity contribution in [2.45, 2.75) is 75.6 Å². The van der Waals surface area contributed by atoms with Crippen LogP contribution < -0.4 is 5.73 Å². The number of amides is 2. The van der Waals surface area contributed by atoms with Crippen molar-refractivity contribution >= 4 is 11.8 Å². The van der Waals surface area contributed by atoms with Crippen molar-refractivity contribution in [3.8, 4) is 0 Å². The molecule has 3 heterocycles. The zero-order chi connectivity index (χ0) is 19.0. The van der Waals surface area contributed by atoms with E-state index in [9.17, 15) is 14.7 Å². The van der Waals surface area contributed by atoms with Gasteiger partial charge in [-0.05, 0) is 51.4 Å². The first kappa shape index (κ1) is 18.4. The van der Waals surface area contributed by atoms with E-state index in [1.807, 2.05) is 4.90 Å². The van der Waals surface area contributed by atoms with E-state index in [4.69, 9.17) is 10.2 Å². The topological polar surface area (TPSA) is 113 Å². The fourth-order valence-corrected chi connectivity index (χ4v) is 5.03. The molecule has 2 aliphatic heterocycles. The summed E-state index contributed by atoms with van der Waals surface area (Å²) >= 11 is 0. The maximum Gasteiger partial charge on any atom is 0.276 e. The lowest BCUT2D eigenvalue weighted by atomic mass is 9.82. The number of rotatable bonds is 3. The number of carbonyl (C=O) groups excluding carboxylic acids is 2. The monoisotopic (exact) mass is 376 g/mol. The highest BCUT2D eigenvalue weighted by Gasteiger charge is 2.54. The number of oxazole rings is 1. The van der Waals surface area contributed by atoms with Crippen LogP contribution in [0.4, 0.5) is 0 Å². The smallest absolute Gasteiger partial charge is 0.276 e. The van der Waals surface area contributed by atoms with E-state index in [-0.39, 0.29) is 36.2 Å². The molecule has 148 valence electrons. The van der Waals surface area contributed by atoms with Crippen LogP contribution in [0, 0.1) is 0 Å². The van der Waals surface area contributed by atoms with Crippen LogP contribution >= 0.6 is 0 Å². The Bertz CT molecular complexity index is 712. The van der Waals surface area contributed by atoms with Crippen LogP contribution in [0.25, 0.3) is 0 Å². The number of nitrogens with zero attached hydrogens (tertiary/aromatic N) is 3. The van der Waals surface area contributed by atoms with Gasteiger partial charge in [-0.15, -0.1) is 0 Å². The molecule has 3 N–H and O–H groups in total. The molecule has 1 aromatic rings. The van der Waals surface area contributed by atoms with E-state index in [0.29, 0.717) is 25.3 Å². The highest BCUT2D eigenvalue weighted by atomic mass is 16.3. The summed E-state index contributed by atoms with van der Waals surface area (Å²) < 4.78 is 5.22. The minimum atomic E-state index is -0.757. The molecule has 3 aliphatic rings. The maximum atomic E-state index is 13.5. The molecular formula is C19H28N4O4. The third-order valence-corrected chi connectivity index (χ3v) is 6.43. The van der Waals surface area contributed by atoms with E-state index >= 15 is 0 Å². The minimum Gasteiger partial charge on any atom is -0.447 e. The molecule has 0 radical (unpaired) electrons. The van der Waals surface area contributed by atoms with Crippen LogP contribution in [0.1, 0.15) is 67.7 Å². The van der Waals surface area contributed by atoms with Gasteiger partial charge in [0.2, 0.25) is 11.8 Å². The minimum absolute atomic E-state index is 0.0727. The Kier molecular flexibility index (Phi) is 4.94. The van der Waals surface area contributed by atoms with Gasteiger partial charge in [0, 0.05) is 19.1 Å². The number of aliphatic hydroxyl groups is 1. The van der Waals surface area contributed by atoms with Crippen molar-refractivity contribution in [3.63, 3.8) is 0 Å². The van der Waals surface area contributed by atoms with Crippen LogP contribution in [0.3, 0.4) is 0 Å². The number of hydrogen-bond donors (Lipinski definition) is 2. The molecule has 1 unspecified atom stereocenters. The molecule has 3 fully saturated rings. The van der Waals surface area contributed by atoms with Crippen LogP contribution in [0.5, 0.6) is 0 Å². The van der Waals surface area contributed by atoms with Gasteiger partial charge in [-0.1, -0.05) is 0 Å². The summed E-state index contributed by atoms with van der Waals surface area (Å²) in [5.74, 6) is 0.151. The van der Waals surface area contributed by atoms with E-state index < -0.39 is 5.54 Å². The van der Waals surface area contributed by atoms with Gasteiger partial charge >= 0.3 is 0 Å². The van der Waals surface area contributed by atoms with Crippen LogP contribution in [-0.2, 0) is 11.3 Å². The normalized spacial score (nSPS) is 31.7. The van der Waals surface area contributed by atoms with E-state index in [0.717, 1.165) is 45.1 Å². The number of piperidine rings is 1. The summed E-state index contributed by atoms with van der Waals surface area (Å²) in [6, 6.07) is 0.173. The molecule has 1 spiro atoms. The Morgan fingerprint density at radius 1 is 1.26 bits per heavy atom. The number of nitrogens with two attached hydrogens (primary N) is 1. The molecule has 4 rings (SSSR count). The van der Waals surface area contributed by atoms with Gasteiger partial charge in [-0.3, -0.25) is 9.59 Å². The molecule has 0 aromatic carbocycles. The molecule has 2 amide bonds. The van der Waals surface area contributed by atoms with Crippen molar-refractivity contribution in [2.75, 3.05) is 13.1 Å². The third-order valence-electron chi connectivity index (χ3n) is 6.43. The largest absolute Gasteiger partial charge is 0.447 e. The number of likely N-dealkylation sites (tertiary alicyclic amines) is 2. The van der Waals surface area contributed by atoms with Crippen molar-refractivity contribution in [1.82, 2.24) is 14.8 Å². The van der Waals surface area contributed by atoms with Crippen LogP contribution in [0.15, 0.2) is 10.7 Å². The molecule has 1 atom stereocenters. The third kappa shape index (κ3) is 3.14. The first-order valence-corrected chi connectivity index (χ1v) is 10.0. The number of carbonyl (C=O) groups is 2. The van der Waals surface area contributed by atoms with Gasteiger partial charge in [0.15, 0.2) is 5.69 Å². The van der Waals surface area contributed by atoms with Crippen molar-refractivity contribution in [2.24, 2.45) is 5.73 Å². The predicted octanol–water partition coefficient (Wildman–Crippen LogP) is 1.03. The van der Waals surface area contributed by atoms with Gasteiger partial charge in [-0.25, -0.2) is 4.98 Å². The lowest BCUT2D eigenvalue weighted by Gasteiger charge is -2.48. The van der Waals surface area contributed by atoms with Gasteiger partial charge in [0.1, 0.15) is 11.8 Å². The molecule has 2 saturated heterocycles. The maximum absolute atomic E-state index is 13.5. The summed E-state index contributed by atoms with van der Waals surface area (Å²) in [5, 5.41) is 9.78. The average molecular weight is 376 g/mol. The first-order chi connectivity index (χ1) is 13.0. The molecule has 8 nitrogen and oxygen atoms in total. The average Bonchev–Trinajstić information content (AvgIpc) is 3.32. The lowest BCUT2D eigenvalue weighted by molar-refractivity contribution is -0.149. The highest BCUT2D eigenvalue weighted by Crippen LogP contribution is 2.41. The van der Waals surface area contributed by atoms with Crippen molar-refractivity contribution in [1.29, 1.82) is 0 Å². The zero-order valence-corrected chi connectivity index (χ0v) is 15.6. The molecule has 1 aromatic heterocycles. The van der Waals surface area contributed by atoms with Crippen molar-refractivity contribution < 1.29 is 19.1 Å². The first-order valence-electron chi connectivity index (χ1n) is 10.0. The summed E-state index contributed by atoms with van der Waals surface area (Å²) in [7, 11) is 0. The number of aliphatic hydroxyl groups excluding tert-OH is 1. The van der Waals surface area contributed by atoms with Crippen molar-refractivity contribution in [3.05, 3.63) is 17.8 Å². The summed E-state index contributed by atoms with van der Waals surface area (Å²) in [5.41, 5.74) is 4.99. The molecule has 1 saturated carbocycles. The Hall–Kier alpha value is -1.93. The fourth-order valence-electron chi connectivity index (χ4n) is 5.03. The molecule has 8 heteroatoms. The summed E-state index contributed by atoms with van der Waals surface area (Å²) in [6.07, 6.45) is 7.34. The SMILES string of the molecule is NCc1nc(C(=O)N2CCCC23CCCN(C2CCC(O)CC2)C3=O)co1. The molecule has 27 heavy (non-hydrogen) atoms. The quantitative estimate of drug-likeness (QED) is 0.815. The van der Waals surface area contributed by atoms with E-state index in [1.54, 1.807) is 4.90 Å². The van der Waals surface area contributed by atoms with Crippen LogP contribution in [0.2, 0.25) is 0 Å². The van der Waals surface area contributed by atoms with Gasteiger partial charge < -0.3 is 25.1 Å². The summed E-state index contributed by atoms with van der Waals surface area (Å²) in [4.78, 5) is 34.5. The standard InChI is InChI=1S/C19H28N4O4/c20-11-16-21-15(12-27-16)17(25)23-10-2-8-19(23)7-1-9-22(18(19)26)13-3-5-14(24)6-4-13/h12-14,24H,1-11,20H2. The Morgan fingerprint density at radius 3 is 2.63 bits per heavy atom. The second-order valence-corrected chi connectivity index (χ2v) is 7.99. The fraction of sp³-hybridized carbons (Fsp3) is 0.737. The van der Waals surface area contributed by atoms with Crippen LogP contribution in [-0.4, -0.2) is 62.5 Å². The zero-order valence-electron chi connectivity index (χ0n) is 15.6. The van der Waals surface area contributed by atoms with Gasteiger partial charge in [0.05, 0.1) is 12.6 Å². The molecule has 1 aliphatic carbocycles. The highest BCUT2D eigenvalue weighted by molar-refractivity contribution is 5.98. The molecule has 0 bridgehead atoms. The molecular weight excluding hydrogens is 348 g/mol. The second-order valence-electron chi connectivity index (χ2n) is 7.99. The Labute approximate surface area is 158 Å². The Balaban J connectivity index is 1.56. The number of hydrogen-bond acceptors (Lipinski definition) is 6. The lowest BCUT2D eigenvalue weighted by Crippen LogP contribution is -2.63. The predicted molar refractivity (Wildman–Crippen MR) is 96.6 cm³/mol. The number of aromatic nitrogens is 1. The summed E-state index contributed by atoms with van der Waals surface area (Å²) in [6.45, 7) is 1.44. The van der Waals surface area contributed by atoms with E-state index in [2.05, 4.69) is 4.98 Å².